The predicted molar refractivity (Wildman–Crippen MR) is 246 cm³/mol. The van der Waals surface area contributed by atoms with Crippen LogP contribution in [0.5, 0.6) is 0 Å². The Kier molecular flexibility index (Phi) is 38.6. The molecule has 0 radical (unpaired) electrons. The monoisotopic (exact) mass is 856 g/mol. The Morgan fingerprint density at radius 1 is 0.567 bits per heavy atom. The van der Waals surface area contributed by atoms with Gasteiger partial charge in [-0.2, -0.15) is 0 Å². The van der Waals surface area contributed by atoms with Gasteiger partial charge in [-0.1, -0.05) is 231 Å². The van der Waals surface area contributed by atoms with Crippen LogP contribution in [0.15, 0.2) is 12.2 Å². The lowest BCUT2D eigenvalue weighted by molar-refractivity contribution is -0.302. The number of unbranched alkanes of at least 4 members (excludes halogenated alkanes) is 32. The van der Waals surface area contributed by atoms with E-state index >= 15 is 0 Å². The molecule has 1 aliphatic heterocycles. The quantitative estimate of drug-likeness (QED) is 0.0233. The molecule has 8 unspecified atom stereocenters. The van der Waals surface area contributed by atoms with Gasteiger partial charge in [-0.15, -0.1) is 0 Å². The lowest BCUT2D eigenvalue weighted by atomic mass is 9.99. The molecule has 0 aromatic carbocycles. The molecule has 10 heteroatoms. The first-order valence-electron chi connectivity index (χ1n) is 25.5. The highest BCUT2D eigenvalue weighted by Crippen LogP contribution is 2.23. The summed E-state index contributed by atoms with van der Waals surface area (Å²) in [6.07, 6.45) is 37.2. The first kappa shape index (κ1) is 56.9. The molecule has 1 amide bonds. The van der Waals surface area contributed by atoms with Gasteiger partial charge in [0.25, 0.3) is 0 Å². The van der Waals surface area contributed by atoms with Crippen LogP contribution in [-0.4, -0.2) is 98.7 Å². The fourth-order valence-corrected chi connectivity index (χ4v) is 8.28. The first-order chi connectivity index (χ1) is 29.3. The average Bonchev–Trinajstić information content (AvgIpc) is 3.25. The van der Waals surface area contributed by atoms with Crippen molar-refractivity contribution in [2.75, 3.05) is 13.2 Å². The van der Waals surface area contributed by atoms with E-state index in [0.717, 1.165) is 44.9 Å². The second kappa shape index (κ2) is 40.7. The zero-order chi connectivity index (χ0) is 43.9. The molecule has 356 valence electrons. The van der Waals surface area contributed by atoms with Crippen LogP contribution >= 0.6 is 0 Å². The van der Waals surface area contributed by atoms with Crippen molar-refractivity contribution in [1.82, 2.24) is 5.32 Å². The summed E-state index contributed by atoms with van der Waals surface area (Å²) in [5, 5.41) is 64.8. The molecule has 0 saturated carbocycles. The highest BCUT2D eigenvalue weighted by atomic mass is 16.7. The Morgan fingerprint density at radius 3 is 1.35 bits per heavy atom. The molecule has 1 aliphatic rings. The average molecular weight is 856 g/mol. The Bertz CT molecular complexity index is 968. The third kappa shape index (κ3) is 30.1. The summed E-state index contributed by atoms with van der Waals surface area (Å²) in [5.41, 5.74) is 0. The van der Waals surface area contributed by atoms with E-state index in [0.29, 0.717) is 6.42 Å². The van der Waals surface area contributed by atoms with Crippen LogP contribution in [0, 0.1) is 0 Å². The van der Waals surface area contributed by atoms with Gasteiger partial charge in [-0.25, -0.2) is 0 Å². The fraction of sp³-hybridized carbons (Fsp3) is 0.940. The van der Waals surface area contributed by atoms with Crippen LogP contribution < -0.4 is 5.32 Å². The number of rotatable bonds is 43. The number of hydrogen-bond acceptors (Lipinski definition) is 9. The van der Waals surface area contributed by atoms with Crippen LogP contribution in [0.2, 0.25) is 0 Å². The summed E-state index contributed by atoms with van der Waals surface area (Å²) in [6, 6.07) is -0.975. The molecule has 1 fully saturated rings. The summed E-state index contributed by atoms with van der Waals surface area (Å²) in [5.74, 6) is -0.612. The van der Waals surface area contributed by atoms with Gasteiger partial charge in [0.15, 0.2) is 6.29 Å². The number of ether oxygens (including phenoxy) is 2. The van der Waals surface area contributed by atoms with E-state index in [4.69, 9.17) is 9.47 Å². The Balaban J connectivity index is 2.34. The SMILES string of the molecule is CCCCCCCCCCCCCCCC/C=C/C(O)C(COC1OC(CO)C(O)C(O)C1O)NC(=O)C(O)CCCCCCCCCCCCCCCCCCCCC. The molecule has 0 bridgehead atoms. The summed E-state index contributed by atoms with van der Waals surface area (Å²) in [4.78, 5) is 13.1. The van der Waals surface area contributed by atoms with Crippen LogP contribution in [0.3, 0.4) is 0 Å². The number of carbonyl (C=O) groups is 1. The number of allylic oxidation sites excluding steroid dienone is 1. The lowest BCUT2D eigenvalue weighted by Crippen LogP contribution is -2.60. The first-order valence-corrected chi connectivity index (χ1v) is 25.5. The number of carbonyl (C=O) groups excluding carboxylic acids is 1. The Morgan fingerprint density at radius 2 is 0.950 bits per heavy atom. The number of amides is 1. The number of nitrogens with one attached hydrogen (secondary N) is 1. The largest absolute Gasteiger partial charge is 0.394 e. The zero-order valence-electron chi connectivity index (χ0n) is 38.8. The smallest absolute Gasteiger partial charge is 0.249 e. The van der Waals surface area contributed by atoms with Gasteiger partial charge in [0.05, 0.1) is 25.4 Å². The number of aliphatic hydroxyl groups is 6. The van der Waals surface area contributed by atoms with Crippen molar-refractivity contribution in [2.24, 2.45) is 0 Å². The van der Waals surface area contributed by atoms with Crippen molar-refractivity contribution in [2.45, 2.75) is 288 Å². The number of hydrogen-bond donors (Lipinski definition) is 7. The van der Waals surface area contributed by atoms with Crippen LogP contribution in [0.1, 0.15) is 239 Å². The summed E-state index contributed by atoms with van der Waals surface area (Å²) >= 11 is 0. The van der Waals surface area contributed by atoms with Gasteiger partial charge in [0.1, 0.15) is 30.5 Å². The maximum absolute atomic E-state index is 13.1. The van der Waals surface area contributed by atoms with Crippen LogP contribution in [0.4, 0.5) is 0 Å². The minimum absolute atomic E-state index is 0.301. The maximum Gasteiger partial charge on any atom is 0.249 e. The topological polar surface area (TPSA) is 169 Å². The number of aliphatic hydroxyl groups excluding tert-OH is 6. The van der Waals surface area contributed by atoms with Crippen molar-refractivity contribution in [3.8, 4) is 0 Å². The summed E-state index contributed by atoms with van der Waals surface area (Å²) in [7, 11) is 0. The third-order valence-corrected chi connectivity index (χ3v) is 12.5. The summed E-state index contributed by atoms with van der Waals surface area (Å²) in [6.45, 7) is 3.63. The summed E-state index contributed by atoms with van der Waals surface area (Å²) < 4.78 is 11.2. The van der Waals surface area contributed by atoms with E-state index in [1.54, 1.807) is 6.08 Å². The molecule has 10 nitrogen and oxygen atoms in total. The minimum Gasteiger partial charge on any atom is -0.394 e. The molecule has 1 rings (SSSR count). The van der Waals surface area contributed by atoms with E-state index in [1.165, 1.54) is 173 Å². The van der Waals surface area contributed by atoms with Gasteiger partial charge < -0.3 is 45.4 Å². The maximum atomic E-state index is 13.1. The second-order valence-electron chi connectivity index (χ2n) is 18.1. The molecule has 8 atom stereocenters. The van der Waals surface area contributed by atoms with E-state index in [-0.39, 0.29) is 6.61 Å². The Labute approximate surface area is 368 Å². The molecule has 1 saturated heterocycles. The van der Waals surface area contributed by atoms with E-state index in [9.17, 15) is 35.4 Å². The fourth-order valence-electron chi connectivity index (χ4n) is 8.28. The van der Waals surface area contributed by atoms with Gasteiger partial charge in [-0.05, 0) is 19.3 Å². The highest BCUT2D eigenvalue weighted by Gasteiger charge is 2.44. The molecular formula is C50H97NO9. The van der Waals surface area contributed by atoms with E-state index in [2.05, 4.69) is 19.2 Å². The predicted octanol–water partition coefficient (Wildman–Crippen LogP) is 10.3. The second-order valence-corrected chi connectivity index (χ2v) is 18.1. The van der Waals surface area contributed by atoms with E-state index in [1.807, 2.05) is 6.08 Å². The highest BCUT2D eigenvalue weighted by molar-refractivity contribution is 5.80. The van der Waals surface area contributed by atoms with Gasteiger partial charge in [-0.3, -0.25) is 4.79 Å². The minimum atomic E-state index is -1.61. The molecule has 0 aromatic heterocycles. The van der Waals surface area contributed by atoms with Crippen LogP contribution in [-0.2, 0) is 14.3 Å². The molecule has 0 aromatic rings. The van der Waals surface area contributed by atoms with Crippen molar-refractivity contribution >= 4 is 5.91 Å². The lowest BCUT2D eigenvalue weighted by Gasteiger charge is -2.40. The van der Waals surface area contributed by atoms with Crippen molar-refractivity contribution in [3.05, 3.63) is 12.2 Å². The van der Waals surface area contributed by atoms with Crippen LogP contribution in [0.25, 0.3) is 0 Å². The molecule has 60 heavy (non-hydrogen) atoms. The molecule has 0 aliphatic carbocycles. The Hall–Kier alpha value is -1.11. The van der Waals surface area contributed by atoms with Crippen molar-refractivity contribution < 1.29 is 44.9 Å². The zero-order valence-corrected chi connectivity index (χ0v) is 38.8. The van der Waals surface area contributed by atoms with E-state index < -0.39 is 61.5 Å². The van der Waals surface area contributed by atoms with Gasteiger partial charge in [0.2, 0.25) is 5.91 Å². The van der Waals surface area contributed by atoms with Gasteiger partial charge in [0, 0.05) is 0 Å². The standard InChI is InChI=1S/C50H97NO9/c1-3-5-7-9-11-13-15-17-19-21-22-23-25-27-29-31-33-35-37-39-44(54)49(58)51-42(41-59-50-48(57)47(56)46(55)45(40-52)60-50)43(53)38-36-34-32-30-28-26-24-20-18-16-14-12-10-8-6-4-2/h36,38,42-48,50,52-57H,3-35,37,39-41H2,1-2H3,(H,51,58)/b38-36+. The molecule has 7 N–H and O–H groups in total. The van der Waals surface area contributed by atoms with Crippen molar-refractivity contribution in [3.63, 3.8) is 0 Å². The normalized spacial score (nSPS) is 21.1. The molecule has 1 heterocycles. The van der Waals surface area contributed by atoms with Gasteiger partial charge >= 0.3 is 0 Å². The van der Waals surface area contributed by atoms with Crippen molar-refractivity contribution in [1.29, 1.82) is 0 Å². The molecular weight excluding hydrogens is 759 g/mol. The molecule has 0 spiro atoms. The third-order valence-electron chi connectivity index (χ3n) is 12.5.